The molecule has 0 saturated carbocycles. The van der Waals surface area contributed by atoms with E-state index in [1.807, 2.05) is 17.5 Å². The number of carbonyl (C=O) groups excluding carboxylic acids is 2. The van der Waals surface area contributed by atoms with Gasteiger partial charge in [0.1, 0.15) is 6.61 Å². The molecule has 2 rings (SSSR count). The van der Waals surface area contributed by atoms with Gasteiger partial charge in [-0.15, -0.1) is 11.3 Å². The second-order valence-corrected chi connectivity index (χ2v) is 5.18. The van der Waals surface area contributed by atoms with Crippen LogP contribution in [0.1, 0.15) is 20.8 Å². The molecule has 0 aliphatic heterocycles. The molecule has 110 valence electrons. The second-order valence-electron chi connectivity index (χ2n) is 4.15. The van der Waals surface area contributed by atoms with Crippen molar-refractivity contribution in [3.8, 4) is 0 Å². The van der Waals surface area contributed by atoms with Crippen LogP contribution in [-0.4, -0.2) is 17.2 Å². The Morgan fingerprint density at radius 2 is 1.95 bits per heavy atom. The lowest BCUT2D eigenvalue weighted by atomic mass is 10.1. The summed E-state index contributed by atoms with van der Waals surface area (Å²) in [5, 5.41) is 13.0. The van der Waals surface area contributed by atoms with Gasteiger partial charge in [-0.05, 0) is 29.1 Å². The molecule has 0 fully saturated rings. The van der Waals surface area contributed by atoms with Crippen molar-refractivity contribution < 1.29 is 19.5 Å². The van der Waals surface area contributed by atoms with E-state index in [1.165, 1.54) is 11.3 Å². The molecule has 2 aromatic rings. The van der Waals surface area contributed by atoms with Gasteiger partial charge in [-0.25, -0.2) is 10.3 Å². The Bertz CT molecular complexity index is 596. The number of hydrogen-bond donors (Lipinski definition) is 3. The van der Waals surface area contributed by atoms with Gasteiger partial charge in [-0.1, -0.05) is 18.2 Å². The molecule has 1 aromatic heterocycles. The third kappa shape index (κ3) is 4.59. The summed E-state index contributed by atoms with van der Waals surface area (Å²) in [6.07, 6.45) is -0.499. The number of alkyl carbamates (subject to hydrolysis) is 1. The minimum absolute atomic E-state index is 0.249. The van der Waals surface area contributed by atoms with Crippen molar-refractivity contribution in [3.63, 3.8) is 0 Å². The van der Waals surface area contributed by atoms with E-state index in [9.17, 15) is 9.59 Å². The van der Waals surface area contributed by atoms with E-state index in [-0.39, 0.29) is 6.61 Å². The molecule has 3 N–H and O–H groups in total. The topological polar surface area (TPSA) is 87.7 Å². The second kappa shape index (κ2) is 7.41. The van der Waals surface area contributed by atoms with Crippen LogP contribution in [0, 0.1) is 0 Å². The third-order valence-electron chi connectivity index (χ3n) is 2.68. The molecule has 0 saturated heterocycles. The normalized spacial score (nSPS) is 9.95. The van der Waals surface area contributed by atoms with Crippen LogP contribution < -0.4 is 10.8 Å². The minimum atomic E-state index is -0.579. The van der Waals surface area contributed by atoms with Crippen LogP contribution in [0.15, 0.2) is 41.8 Å². The Hall–Kier alpha value is -2.38. The van der Waals surface area contributed by atoms with Gasteiger partial charge in [0, 0.05) is 17.0 Å². The van der Waals surface area contributed by atoms with Crippen molar-refractivity contribution in [2.45, 2.75) is 13.2 Å². The van der Waals surface area contributed by atoms with E-state index in [1.54, 1.807) is 29.7 Å². The molecule has 2 amide bonds. The highest BCUT2D eigenvalue weighted by Crippen LogP contribution is 2.09. The number of hydrogen-bond acceptors (Lipinski definition) is 5. The lowest BCUT2D eigenvalue weighted by Gasteiger charge is -2.07. The molecule has 0 aliphatic rings. The molecule has 7 heteroatoms. The summed E-state index contributed by atoms with van der Waals surface area (Å²) in [5.74, 6) is -0.579. The van der Waals surface area contributed by atoms with E-state index in [4.69, 9.17) is 9.94 Å². The number of benzene rings is 1. The molecular formula is C14H14N2O4S. The lowest BCUT2D eigenvalue weighted by molar-refractivity contribution is 0.0706. The van der Waals surface area contributed by atoms with Gasteiger partial charge in [-0.2, -0.15) is 0 Å². The van der Waals surface area contributed by atoms with E-state index < -0.39 is 12.0 Å². The maximum atomic E-state index is 11.5. The van der Waals surface area contributed by atoms with Crippen LogP contribution >= 0.6 is 11.3 Å². The van der Waals surface area contributed by atoms with E-state index >= 15 is 0 Å². The first kappa shape index (κ1) is 15.0. The van der Waals surface area contributed by atoms with Crippen LogP contribution in [0.25, 0.3) is 0 Å². The van der Waals surface area contributed by atoms with Crippen LogP contribution in [0.5, 0.6) is 0 Å². The van der Waals surface area contributed by atoms with Gasteiger partial charge < -0.3 is 10.1 Å². The highest BCUT2D eigenvalue weighted by molar-refractivity contribution is 7.09. The van der Waals surface area contributed by atoms with Crippen molar-refractivity contribution >= 4 is 23.3 Å². The Balaban J connectivity index is 1.77. The number of carbonyl (C=O) groups is 2. The number of thiophene rings is 1. The Labute approximate surface area is 125 Å². The largest absolute Gasteiger partial charge is 0.444 e. The SMILES string of the molecule is O=C(NCc1ccc(C(=O)NO)cc1)OCc1cccs1. The van der Waals surface area contributed by atoms with Crippen molar-refractivity contribution in [3.05, 3.63) is 57.8 Å². The fourth-order valence-electron chi connectivity index (χ4n) is 1.60. The first-order valence-corrected chi connectivity index (χ1v) is 7.03. The Morgan fingerprint density at radius 1 is 1.19 bits per heavy atom. The lowest BCUT2D eigenvalue weighted by Crippen LogP contribution is -2.23. The third-order valence-corrected chi connectivity index (χ3v) is 3.53. The molecule has 21 heavy (non-hydrogen) atoms. The van der Waals surface area contributed by atoms with Crippen LogP contribution in [0.3, 0.4) is 0 Å². The van der Waals surface area contributed by atoms with Crippen LogP contribution in [-0.2, 0) is 17.9 Å². The van der Waals surface area contributed by atoms with E-state index in [2.05, 4.69) is 5.32 Å². The number of hydroxylamine groups is 1. The number of amides is 2. The van der Waals surface area contributed by atoms with Gasteiger partial charge in [-0.3, -0.25) is 10.0 Å². The zero-order chi connectivity index (χ0) is 15.1. The highest BCUT2D eigenvalue weighted by atomic mass is 32.1. The number of ether oxygens (including phenoxy) is 1. The van der Waals surface area contributed by atoms with E-state index in [0.29, 0.717) is 12.1 Å². The van der Waals surface area contributed by atoms with Crippen molar-refractivity contribution in [1.82, 2.24) is 10.8 Å². The summed E-state index contributed by atoms with van der Waals surface area (Å²) in [5.41, 5.74) is 2.71. The Kier molecular flexibility index (Phi) is 5.30. The summed E-state index contributed by atoms with van der Waals surface area (Å²) in [6.45, 7) is 0.545. The van der Waals surface area contributed by atoms with Crippen LogP contribution in [0.4, 0.5) is 4.79 Å². The van der Waals surface area contributed by atoms with Gasteiger partial charge >= 0.3 is 6.09 Å². The minimum Gasteiger partial charge on any atom is -0.444 e. The number of nitrogens with one attached hydrogen (secondary N) is 2. The smallest absolute Gasteiger partial charge is 0.407 e. The first-order chi connectivity index (χ1) is 10.2. The quantitative estimate of drug-likeness (QED) is 0.584. The predicted octanol–water partition coefficient (Wildman–Crippen LogP) is 2.29. The first-order valence-electron chi connectivity index (χ1n) is 6.15. The van der Waals surface area contributed by atoms with Gasteiger partial charge in [0.25, 0.3) is 5.91 Å². The fourth-order valence-corrected chi connectivity index (χ4v) is 2.21. The summed E-state index contributed by atoms with van der Waals surface area (Å²) < 4.78 is 5.05. The number of rotatable bonds is 5. The van der Waals surface area contributed by atoms with Crippen molar-refractivity contribution in [1.29, 1.82) is 0 Å². The average molecular weight is 306 g/mol. The summed E-state index contributed by atoms with van der Waals surface area (Å²) in [7, 11) is 0. The molecule has 0 atom stereocenters. The molecular weight excluding hydrogens is 292 g/mol. The molecule has 1 aromatic carbocycles. The maximum absolute atomic E-state index is 11.5. The molecule has 0 aliphatic carbocycles. The molecule has 0 bridgehead atoms. The zero-order valence-corrected chi connectivity index (χ0v) is 11.9. The predicted molar refractivity (Wildman–Crippen MR) is 77.0 cm³/mol. The molecule has 0 radical (unpaired) electrons. The van der Waals surface area contributed by atoms with E-state index in [0.717, 1.165) is 10.4 Å². The molecule has 6 nitrogen and oxygen atoms in total. The van der Waals surface area contributed by atoms with Gasteiger partial charge in [0.2, 0.25) is 0 Å². The molecule has 0 spiro atoms. The molecule has 0 unspecified atom stereocenters. The molecule has 1 heterocycles. The van der Waals surface area contributed by atoms with Crippen LogP contribution in [0.2, 0.25) is 0 Å². The summed E-state index contributed by atoms with van der Waals surface area (Å²) in [4.78, 5) is 23.6. The summed E-state index contributed by atoms with van der Waals surface area (Å²) >= 11 is 1.52. The van der Waals surface area contributed by atoms with Crippen molar-refractivity contribution in [2.24, 2.45) is 0 Å². The maximum Gasteiger partial charge on any atom is 0.407 e. The summed E-state index contributed by atoms with van der Waals surface area (Å²) in [6, 6.07) is 10.3. The average Bonchev–Trinajstić information content (AvgIpc) is 3.04. The van der Waals surface area contributed by atoms with Gasteiger partial charge in [0.15, 0.2) is 0 Å². The van der Waals surface area contributed by atoms with Gasteiger partial charge in [0.05, 0.1) is 0 Å². The highest BCUT2D eigenvalue weighted by Gasteiger charge is 2.05. The fraction of sp³-hybridized carbons (Fsp3) is 0.143. The standard InChI is InChI=1S/C14H14N2O4S/c17-13(16-19)11-5-3-10(4-6-11)8-15-14(18)20-9-12-2-1-7-21-12/h1-7,19H,8-9H2,(H,15,18)(H,16,17). The monoisotopic (exact) mass is 306 g/mol. The van der Waals surface area contributed by atoms with Crippen molar-refractivity contribution in [2.75, 3.05) is 0 Å². The Morgan fingerprint density at radius 3 is 2.57 bits per heavy atom. The zero-order valence-electron chi connectivity index (χ0n) is 11.0.